The highest BCUT2D eigenvalue weighted by atomic mass is 16.6. The van der Waals surface area contributed by atoms with Crippen LogP contribution in [0.1, 0.15) is 78.6 Å². The van der Waals surface area contributed by atoms with E-state index in [-0.39, 0.29) is 51.9 Å². The van der Waals surface area contributed by atoms with Gasteiger partial charge in [0.2, 0.25) is 11.8 Å². The number of anilines is 1. The first-order valence-electron chi connectivity index (χ1n) is 17.5. The van der Waals surface area contributed by atoms with E-state index >= 15 is 0 Å². The van der Waals surface area contributed by atoms with E-state index in [1.54, 1.807) is 32.0 Å². The molecule has 274 valence electrons. The number of hydrogen-bond acceptors (Lipinski definition) is 8. The Morgan fingerprint density at radius 3 is 2.47 bits per heavy atom. The van der Waals surface area contributed by atoms with Crippen molar-refractivity contribution < 1.29 is 33.3 Å². The fourth-order valence-corrected chi connectivity index (χ4v) is 6.96. The number of nitrogens with one attached hydrogen (secondary N) is 2. The van der Waals surface area contributed by atoms with Gasteiger partial charge in [0, 0.05) is 36.4 Å². The van der Waals surface area contributed by atoms with Gasteiger partial charge in [-0.2, -0.15) is 0 Å². The summed E-state index contributed by atoms with van der Waals surface area (Å²) in [6.45, 7) is 25.9. The van der Waals surface area contributed by atoms with Crippen LogP contribution in [0.2, 0.25) is 0 Å². The molecule has 1 aliphatic carbocycles. The summed E-state index contributed by atoms with van der Waals surface area (Å²) in [6.07, 6.45) is 2.79. The maximum atomic E-state index is 14.5. The van der Waals surface area contributed by atoms with Crippen molar-refractivity contribution in [2.75, 3.05) is 38.7 Å². The van der Waals surface area contributed by atoms with Gasteiger partial charge in [-0.1, -0.05) is 53.2 Å². The first kappa shape index (κ1) is 37.4. The third-order valence-corrected chi connectivity index (χ3v) is 9.59. The van der Waals surface area contributed by atoms with E-state index in [1.165, 1.54) is 16.5 Å². The van der Waals surface area contributed by atoms with E-state index in [0.29, 0.717) is 55.0 Å². The molecule has 0 radical (unpaired) electrons. The van der Waals surface area contributed by atoms with Crippen molar-refractivity contribution in [1.82, 2.24) is 19.5 Å². The highest BCUT2D eigenvalue weighted by molar-refractivity contribution is 6.05. The molecule has 2 aliphatic rings. The van der Waals surface area contributed by atoms with Crippen LogP contribution in [-0.2, 0) is 14.3 Å². The Bertz CT molecular complexity index is 1850. The van der Waals surface area contributed by atoms with Crippen molar-refractivity contribution in [3.05, 3.63) is 46.8 Å². The molecule has 1 aromatic carbocycles. The lowest BCUT2D eigenvalue weighted by Gasteiger charge is -2.45. The number of amides is 2. The lowest BCUT2D eigenvalue weighted by Crippen LogP contribution is -2.45. The topological polar surface area (TPSA) is 141 Å². The number of hydrogen-bond donors (Lipinski definition) is 2. The molecule has 1 aliphatic heterocycles. The molecule has 2 amide bonds. The number of carbonyl (C=O) groups excluding carboxylic acids is 3. The third-order valence-electron chi connectivity index (χ3n) is 9.59. The lowest BCUT2D eigenvalue weighted by molar-refractivity contribution is -0.118. The van der Waals surface area contributed by atoms with Crippen molar-refractivity contribution in [2.24, 2.45) is 29.1 Å². The molecule has 51 heavy (non-hydrogen) atoms. The zero-order chi connectivity index (χ0) is 37.2. The van der Waals surface area contributed by atoms with E-state index in [4.69, 9.17) is 30.5 Å². The van der Waals surface area contributed by atoms with Gasteiger partial charge in [0.25, 0.3) is 5.69 Å². The van der Waals surface area contributed by atoms with Crippen LogP contribution in [0.3, 0.4) is 0 Å². The number of H-pyrrole nitrogens is 1. The number of nitrogens with zero attached hydrogens (tertiary/aromatic N) is 4. The van der Waals surface area contributed by atoms with Crippen LogP contribution in [-0.4, -0.2) is 77.0 Å². The fraction of sp³-hybridized carbons (Fsp3) is 0.553. The average molecular weight is 703 g/mol. The van der Waals surface area contributed by atoms with Crippen LogP contribution < -0.4 is 14.8 Å². The van der Waals surface area contributed by atoms with Gasteiger partial charge in [0.15, 0.2) is 11.5 Å². The monoisotopic (exact) mass is 702 g/mol. The van der Waals surface area contributed by atoms with Gasteiger partial charge in [-0.25, -0.2) is 23.9 Å². The molecule has 4 unspecified atom stereocenters. The average Bonchev–Trinajstić information content (AvgIpc) is 3.62. The summed E-state index contributed by atoms with van der Waals surface area (Å²) in [5.74, 6) is -0.146. The van der Waals surface area contributed by atoms with Crippen molar-refractivity contribution in [3.8, 4) is 23.0 Å². The van der Waals surface area contributed by atoms with Crippen LogP contribution >= 0.6 is 0 Å². The van der Waals surface area contributed by atoms with E-state index in [2.05, 4.69) is 49.0 Å². The first-order chi connectivity index (χ1) is 24.1. The molecular weight excluding hydrogens is 652 g/mol. The Hall–Kier alpha value is -4.83. The molecule has 0 bridgehead atoms. The highest BCUT2D eigenvalue weighted by Crippen LogP contribution is 2.46. The molecule has 3 heterocycles. The standard InChI is InChI=1S/C38H50N6O7/c1-21(2)17-25-18-23(5)19-26(38(6,7)8)31(25)50-36(46)29-30(39-9)35(51-37(47)43-13-15-49-16-14-43)44-33(29)41-32(42-44)24-11-12-28(48-10)27(20-24)40-34(45)22(3)4/h11-12,17,20,22-23,25-26,31H,13-16,18-19H2,1-8,10H3,(H,40,45)(H,41,42). The second-order valence-corrected chi connectivity index (χ2v) is 15.2. The van der Waals surface area contributed by atoms with Gasteiger partial charge in [-0.3, -0.25) is 9.89 Å². The number of allylic oxidation sites excluding steroid dienone is 1. The lowest BCUT2D eigenvalue weighted by atomic mass is 9.64. The summed E-state index contributed by atoms with van der Waals surface area (Å²) >= 11 is 0. The summed E-state index contributed by atoms with van der Waals surface area (Å²) in [5.41, 5.74) is 1.74. The molecule has 3 aromatic rings. The molecule has 1 saturated heterocycles. The Labute approximate surface area is 299 Å². The summed E-state index contributed by atoms with van der Waals surface area (Å²) in [6, 6.07) is 5.14. The number of fused-ring (bicyclic) bond motifs is 1. The molecule has 2 aromatic heterocycles. The van der Waals surface area contributed by atoms with Gasteiger partial charge >= 0.3 is 12.1 Å². The van der Waals surface area contributed by atoms with Crippen LogP contribution in [0, 0.1) is 35.7 Å². The summed E-state index contributed by atoms with van der Waals surface area (Å²) in [5, 5.41) is 6.01. The third kappa shape index (κ3) is 8.06. The Balaban J connectivity index is 1.63. The molecule has 2 N–H and O–H groups in total. The maximum absolute atomic E-state index is 14.5. The number of carbonyl (C=O) groups is 3. The number of ether oxygens (including phenoxy) is 4. The minimum Gasteiger partial charge on any atom is -0.495 e. The molecular formula is C38H50N6O7. The summed E-state index contributed by atoms with van der Waals surface area (Å²) in [7, 11) is 1.51. The molecule has 2 fully saturated rings. The van der Waals surface area contributed by atoms with Crippen LogP contribution in [0.5, 0.6) is 11.6 Å². The largest absolute Gasteiger partial charge is 0.495 e. The SMILES string of the molecule is [C-]#[N+]c1c(C(=O)OC2C(C=C(C)C)CC(C)CC2C(C)(C)C)c2nc(-c3ccc(OC)c(NC(=O)C(C)C)c3)[nH]n2c1OC(=O)N1CCOCC1. The van der Waals surface area contributed by atoms with Crippen molar-refractivity contribution in [1.29, 1.82) is 0 Å². The van der Waals surface area contributed by atoms with E-state index in [1.807, 2.05) is 13.8 Å². The Morgan fingerprint density at radius 1 is 1.16 bits per heavy atom. The normalized spacial score (nSPS) is 20.8. The molecule has 1 saturated carbocycles. The molecule has 13 nitrogen and oxygen atoms in total. The zero-order valence-corrected chi connectivity index (χ0v) is 31.1. The number of aromatic amines is 1. The predicted molar refractivity (Wildman–Crippen MR) is 193 cm³/mol. The Morgan fingerprint density at radius 2 is 1.86 bits per heavy atom. The number of morpholine rings is 1. The second-order valence-electron chi connectivity index (χ2n) is 15.2. The van der Waals surface area contributed by atoms with Crippen molar-refractivity contribution in [3.63, 3.8) is 0 Å². The number of methoxy groups -OCH3 is 1. The van der Waals surface area contributed by atoms with Gasteiger partial charge in [0.05, 0.1) is 32.6 Å². The summed E-state index contributed by atoms with van der Waals surface area (Å²) < 4.78 is 24.6. The van der Waals surface area contributed by atoms with Gasteiger partial charge in [-0.15, -0.1) is 0 Å². The second kappa shape index (κ2) is 15.2. The number of esters is 1. The maximum Gasteiger partial charge on any atom is 0.415 e. The highest BCUT2D eigenvalue weighted by Gasteiger charge is 2.44. The van der Waals surface area contributed by atoms with Gasteiger partial charge < -0.3 is 29.2 Å². The van der Waals surface area contributed by atoms with Crippen molar-refractivity contribution >= 4 is 35.0 Å². The number of aromatic nitrogens is 3. The predicted octanol–water partition coefficient (Wildman–Crippen LogP) is 7.51. The van der Waals surface area contributed by atoms with Crippen molar-refractivity contribution in [2.45, 2.75) is 74.3 Å². The fourth-order valence-electron chi connectivity index (χ4n) is 6.96. The van der Waals surface area contributed by atoms with Gasteiger partial charge in [-0.05, 0) is 56.2 Å². The van der Waals surface area contributed by atoms with E-state index in [0.717, 1.165) is 18.4 Å². The van der Waals surface area contributed by atoms with Crippen LogP contribution in [0.25, 0.3) is 21.9 Å². The number of benzene rings is 1. The molecule has 0 spiro atoms. The molecule has 5 rings (SSSR count). The van der Waals surface area contributed by atoms with Gasteiger partial charge in [0.1, 0.15) is 17.4 Å². The van der Waals surface area contributed by atoms with E-state index in [9.17, 15) is 14.4 Å². The van der Waals surface area contributed by atoms with E-state index < -0.39 is 18.2 Å². The molecule has 4 atom stereocenters. The zero-order valence-electron chi connectivity index (χ0n) is 31.1. The van der Waals surface area contributed by atoms with Crippen LogP contribution in [0.4, 0.5) is 16.2 Å². The molecule has 13 heteroatoms. The Kier molecular flexibility index (Phi) is 11.1. The minimum absolute atomic E-state index is 0.0199. The van der Waals surface area contributed by atoms with Crippen LogP contribution in [0.15, 0.2) is 29.8 Å². The first-order valence-corrected chi connectivity index (χ1v) is 17.5. The quantitative estimate of drug-likeness (QED) is 0.140. The minimum atomic E-state index is -0.717. The smallest absolute Gasteiger partial charge is 0.415 e. The number of rotatable bonds is 8. The summed E-state index contributed by atoms with van der Waals surface area (Å²) in [4.78, 5) is 50.4.